The van der Waals surface area contributed by atoms with Gasteiger partial charge in [-0.15, -0.1) is 11.8 Å². The quantitative estimate of drug-likeness (QED) is 0.407. The molecule has 0 bridgehead atoms. The van der Waals surface area contributed by atoms with Gasteiger partial charge in [-0.2, -0.15) is 0 Å². The van der Waals surface area contributed by atoms with E-state index in [1.807, 2.05) is 48.5 Å². The average molecular weight is 530 g/mol. The van der Waals surface area contributed by atoms with Crippen molar-refractivity contribution in [2.45, 2.75) is 23.9 Å². The van der Waals surface area contributed by atoms with Crippen LogP contribution in [-0.4, -0.2) is 45.5 Å². The minimum atomic E-state index is -1.52. The molecular formula is C28H20BrNO3S. The Balaban J connectivity index is 1.57. The Kier molecular flexibility index (Phi) is 4.28. The molecule has 0 amide bonds. The van der Waals surface area contributed by atoms with Crippen LogP contribution in [-0.2, 0) is 6.42 Å². The Morgan fingerprint density at radius 2 is 1.41 bits per heavy atom. The fourth-order valence-electron chi connectivity index (χ4n) is 7.16. The molecule has 3 aromatic carbocycles. The van der Waals surface area contributed by atoms with Crippen molar-refractivity contribution < 1.29 is 14.4 Å². The minimum absolute atomic E-state index is 0.0649. The van der Waals surface area contributed by atoms with Gasteiger partial charge in [0, 0.05) is 44.8 Å². The second kappa shape index (κ2) is 7.00. The van der Waals surface area contributed by atoms with Crippen molar-refractivity contribution in [3.05, 3.63) is 105 Å². The van der Waals surface area contributed by atoms with Gasteiger partial charge in [-0.05, 0) is 29.7 Å². The molecule has 0 N–H and O–H groups in total. The molecule has 4 aliphatic rings. The Morgan fingerprint density at radius 1 is 0.794 bits per heavy atom. The molecule has 2 spiro atoms. The molecule has 3 unspecified atom stereocenters. The molecule has 3 aromatic rings. The standard InChI is InChI=1S/C28H20BrNO3S/c29-18-11-9-16(10-12-18)23-22-14-34-15-30(22)28(25(32)20-7-3-4-8-21(20)26(28)33)27(23)13-17-5-1-2-6-19(17)24(27)31/h1-12,22-23H,13-15H2. The van der Waals surface area contributed by atoms with Crippen LogP contribution in [0.15, 0.2) is 77.3 Å². The Hall–Kier alpha value is -2.54. The van der Waals surface area contributed by atoms with Crippen LogP contribution in [0.2, 0.25) is 0 Å². The molecule has 0 saturated carbocycles. The summed E-state index contributed by atoms with van der Waals surface area (Å²) < 4.78 is 0.956. The monoisotopic (exact) mass is 529 g/mol. The van der Waals surface area contributed by atoms with E-state index in [0.29, 0.717) is 29.0 Å². The highest BCUT2D eigenvalue weighted by atomic mass is 79.9. The van der Waals surface area contributed by atoms with Gasteiger partial charge in [0.2, 0.25) is 0 Å². The van der Waals surface area contributed by atoms with Gasteiger partial charge in [0.15, 0.2) is 22.9 Å². The molecule has 7 rings (SSSR count). The summed E-state index contributed by atoms with van der Waals surface area (Å²) in [6.45, 7) is 0. The lowest BCUT2D eigenvalue weighted by atomic mass is 9.58. The van der Waals surface area contributed by atoms with E-state index in [0.717, 1.165) is 21.4 Å². The number of hydrogen-bond donors (Lipinski definition) is 0. The van der Waals surface area contributed by atoms with E-state index in [2.05, 4.69) is 20.8 Å². The molecule has 2 aliphatic heterocycles. The fraction of sp³-hybridized carbons (Fsp3) is 0.250. The Bertz CT molecular complexity index is 1380. The average Bonchev–Trinajstić information content (AvgIpc) is 3.55. The summed E-state index contributed by atoms with van der Waals surface area (Å²) in [5.74, 6) is 0.602. The van der Waals surface area contributed by atoms with E-state index in [1.165, 1.54) is 0 Å². The van der Waals surface area contributed by atoms with Gasteiger partial charge < -0.3 is 0 Å². The van der Waals surface area contributed by atoms with Gasteiger partial charge in [-0.25, -0.2) is 0 Å². The van der Waals surface area contributed by atoms with E-state index < -0.39 is 11.0 Å². The minimum Gasteiger partial charge on any atom is -0.293 e. The van der Waals surface area contributed by atoms with Gasteiger partial charge in [-0.1, -0.05) is 76.6 Å². The van der Waals surface area contributed by atoms with Crippen LogP contribution in [0.3, 0.4) is 0 Å². The van der Waals surface area contributed by atoms with Crippen molar-refractivity contribution in [2.24, 2.45) is 5.41 Å². The lowest BCUT2D eigenvalue weighted by Gasteiger charge is -2.43. The molecule has 3 atom stereocenters. The van der Waals surface area contributed by atoms with Crippen molar-refractivity contribution >= 4 is 45.0 Å². The predicted octanol–water partition coefficient (Wildman–Crippen LogP) is 5.16. The van der Waals surface area contributed by atoms with Gasteiger partial charge >= 0.3 is 0 Å². The van der Waals surface area contributed by atoms with Gasteiger partial charge in [0.25, 0.3) is 0 Å². The Labute approximate surface area is 209 Å². The number of fused-ring (bicyclic) bond motifs is 5. The molecule has 0 aromatic heterocycles. The summed E-state index contributed by atoms with van der Waals surface area (Å²) >= 11 is 5.27. The number of carbonyl (C=O) groups excluding carboxylic acids is 3. The second-order valence-corrected chi connectivity index (χ2v) is 11.5. The van der Waals surface area contributed by atoms with Crippen LogP contribution in [0.1, 0.15) is 48.1 Å². The maximum atomic E-state index is 14.6. The van der Waals surface area contributed by atoms with Crippen molar-refractivity contribution in [3.8, 4) is 0 Å². The summed E-state index contributed by atoms with van der Waals surface area (Å²) in [5, 5.41) is 0. The largest absolute Gasteiger partial charge is 0.293 e. The SMILES string of the molecule is O=C1c2ccccc2CC12C(c1ccc(Br)cc1)C1CSCN1C21C(=O)c2ccccc2C1=O. The van der Waals surface area contributed by atoms with Crippen LogP contribution < -0.4 is 0 Å². The first-order chi connectivity index (χ1) is 16.5. The summed E-state index contributed by atoms with van der Waals surface area (Å²) in [6.07, 6.45) is 0.395. The van der Waals surface area contributed by atoms with Crippen LogP contribution in [0.5, 0.6) is 0 Å². The summed E-state index contributed by atoms with van der Waals surface area (Å²) in [4.78, 5) is 45.5. The number of rotatable bonds is 1. The van der Waals surface area contributed by atoms with Crippen LogP contribution in [0.25, 0.3) is 0 Å². The maximum Gasteiger partial charge on any atom is 0.192 e. The first-order valence-corrected chi connectivity index (χ1v) is 13.4. The zero-order chi connectivity index (χ0) is 23.2. The lowest BCUT2D eigenvalue weighted by Crippen LogP contribution is -2.64. The number of Topliss-reactive ketones (excluding diaryl/α,β-unsaturated/α-hetero) is 3. The van der Waals surface area contributed by atoms with Crippen molar-refractivity contribution in [1.82, 2.24) is 4.90 Å². The molecule has 168 valence electrons. The first kappa shape index (κ1) is 20.8. The summed E-state index contributed by atoms with van der Waals surface area (Å²) in [7, 11) is 0. The third-order valence-corrected chi connectivity index (χ3v) is 9.92. The molecule has 6 heteroatoms. The highest BCUT2D eigenvalue weighted by molar-refractivity contribution is 9.10. The van der Waals surface area contributed by atoms with E-state index in [1.54, 1.807) is 36.0 Å². The second-order valence-electron chi connectivity index (χ2n) is 9.61. The number of ketones is 3. The lowest BCUT2D eigenvalue weighted by molar-refractivity contribution is 0.0320. The Morgan fingerprint density at radius 3 is 2.06 bits per heavy atom. The molecule has 0 radical (unpaired) electrons. The number of hydrogen-bond acceptors (Lipinski definition) is 5. The zero-order valence-electron chi connectivity index (χ0n) is 18.2. The van der Waals surface area contributed by atoms with E-state index >= 15 is 0 Å². The molecule has 2 heterocycles. The van der Waals surface area contributed by atoms with Gasteiger partial charge in [0.1, 0.15) is 0 Å². The number of halogens is 1. The number of thioether (sulfide) groups is 1. The molecular weight excluding hydrogens is 510 g/mol. The molecule has 2 fully saturated rings. The molecule has 34 heavy (non-hydrogen) atoms. The number of carbonyl (C=O) groups is 3. The van der Waals surface area contributed by atoms with E-state index in [9.17, 15) is 14.4 Å². The molecule has 2 aliphatic carbocycles. The predicted molar refractivity (Wildman–Crippen MR) is 135 cm³/mol. The highest BCUT2D eigenvalue weighted by Crippen LogP contribution is 2.67. The summed E-state index contributed by atoms with van der Waals surface area (Å²) in [6, 6.07) is 22.7. The fourth-order valence-corrected chi connectivity index (χ4v) is 8.73. The topological polar surface area (TPSA) is 54.5 Å². The van der Waals surface area contributed by atoms with Crippen LogP contribution in [0, 0.1) is 5.41 Å². The summed E-state index contributed by atoms with van der Waals surface area (Å²) in [5.41, 5.74) is 0.789. The first-order valence-electron chi connectivity index (χ1n) is 11.4. The maximum absolute atomic E-state index is 14.6. The van der Waals surface area contributed by atoms with E-state index in [-0.39, 0.29) is 29.3 Å². The normalized spacial score (nSPS) is 28.7. The van der Waals surface area contributed by atoms with Crippen LogP contribution >= 0.6 is 27.7 Å². The van der Waals surface area contributed by atoms with Crippen LogP contribution in [0.4, 0.5) is 0 Å². The number of nitrogens with zero attached hydrogens (tertiary/aromatic N) is 1. The third kappa shape index (κ3) is 2.23. The van der Waals surface area contributed by atoms with Gasteiger partial charge in [0.05, 0.1) is 5.41 Å². The van der Waals surface area contributed by atoms with Crippen molar-refractivity contribution in [3.63, 3.8) is 0 Å². The van der Waals surface area contributed by atoms with Crippen molar-refractivity contribution in [2.75, 3.05) is 11.6 Å². The molecule has 2 saturated heterocycles. The third-order valence-electron chi connectivity index (χ3n) is 8.35. The number of benzene rings is 3. The molecule has 4 nitrogen and oxygen atoms in total. The van der Waals surface area contributed by atoms with E-state index in [4.69, 9.17) is 0 Å². The smallest absolute Gasteiger partial charge is 0.192 e. The highest BCUT2D eigenvalue weighted by Gasteiger charge is 2.81. The van der Waals surface area contributed by atoms with Crippen molar-refractivity contribution in [1.29, 1.82) is 0 Å². The zero-order valence-corrected chi connectivity index (χ0v) is 20.6. The van der Waals surface area contributed by atoms with Gasteiger partial charge in [-0.3, -0.25) is 19.3 Å².